The molecule has 1 saturated heterocycles. The summed E-state index contributed by atoms with van der Waals surface area (Å²) in [5.41, 5.74) is 1.16. The maximum atomic E-state index is 12.1. The van der Waals surface area contributed by atoms with Gasteiger partial charge in [0.25, 0.3) is 0 Å². The molecule has 0 aliphatic carbocycles. The fourth-order valence-corrected chi connectivity index (χ4v) is 2.95. The van der Waals surface area contributed by atoms with Crippen molar-refractivity contribution >= 4 is 5.91 Å². The fourth-order valence-electron chi connectivity index (χ4n) is 2.95. The van der Waals surface area contributed by atoms with E-state index in [1.54, 1.807) is 0 Å². The highest BCUT2D eigenvalue weighted by molar-refractivity contribution is 5.76. The molecule has 0 saturated carbocycles. The molecule has 1 heterocycles. The number of carbonyl (C=O) groups excluding carboxylic acids is 1. The SMILES string of the molecule is CC(NC(=O)CC(C)C1CCCNC1)c1ccccc1. The van der Waals surface area contributed by atoms with Gasteiger partial charge in [0.05, 0.1) is 6.04 Å². The summed E-state index contributed by atoms with van der Waals surface area (Å²) in [5.74, 6) is 1.26. The molecule has 2 rings (SSSR count). The van der Waals surface area contributed by atoms with E-state index in [-0.39, 0.29) is 11.9 Å². The zero-order valence-corrected chi connectivity index (χ0v) is 12.6. The van der Waals surface area contributed by atoms with Crippen LogP contribution in [0.1, 0.15) is 44.7 Å². The molecule has 3 heteroatoms. The molecular weight excluding hydrogens is 248 g/mol. The summed E-state index contributed by atoms with van der Waals surface area (Å²) in [4.78, 5) is 12.1. The van der Waals surface area contributed by atoms with E-state index in [9.17, 15) is 4.79 Å². The number of rotatable bonds is 5. The van der Waals surface area contributed by atoms with E-state index in [0.29, 0.717) is 18.3 Å². The highest BCUT2D eigenvalue weighted by atomic mass is 16.1. The number of amides is 1. The number of nitrogens with one attached hydrogen (secondary N) is 2. The summed E-state index contributed by atoms with van der Waals surface area (Å²) in [5, 5.41) is 6.53. The Kier molecular flexibility index (Phi) is 5.60. The average Bonchev–Trinajstić information content (AvgIpc) is 2.49. The van der Waals surface area contributed by atoms with Gasteiger partial charge in [-0.15, -0.1) is 0 Å². The first-order valence-corrected chi connectivity index (χ1v) is 7.72. The first-order chi connectivity index (χ1) is 9.66. The smallest absolute Gasteiger partial charge is 0.220 e. The number of piperidine rings is 1. The van der Waals surface area contributed by atoms with Gasteiger partial charge in [0.2, 0.25) is 5.91 Å². The van der Waals surface area contributed by atoms with Gasteiger partial charge in [-0.3, -0.25) is 4.79 Å². The molecule has 1 aliphatic heterocycles. The van der Waals surface area contributed by atoms with Crippen molar-refractivity contribution in [2.24, 2.45) is 11.8 Å². The van der Waals surface area contributed by atoms with Crippen LogP contribution in [0.5, 0.6) is 0 Å². The third kappa shape index (κ3) is 4.34. The molecule has 0 radical (unpaired) electrons. The molecule has 20 heavy (non-hydrogen) atoms. The van der Waals surface area contributed by atoms with Gasteiger partial charge in [0, 0.05) is 6.42 Å². The topological polar surface area (TPSA) is 41.1 Å². The van der Waals surface area contributed by atoms with Crippen molar-refractivity contribution < 1.29 is 4.79 Å². The molecule has 0 bridgehead atoms. The van der Waals surface area contributed by atoms with Gasteiger partial charge < -0.3 is 10.6 Å². The van der Waals surface area contributed by atoms with Crippen LogP contribution in [-0.4, -0.2) is 19.0 Å². The van der Waals surface area contributed by atoms with Gasteiger partial charge in [-0.2, -0.15) is 0 Å². The first kappa shape index (κ1) is 15.0. The predicted octanol–water partition coefficient (Wildman–Crippen LogP) is 2.89. The van der Waals surface area contributed by atoms with Crippen LogP contribution in [0.2, 0.25) is 0 Å². The Morgan fingerprint density at radius 2 is 2.10 bits per heavy atom. The highest BCUT2D eigenvalue weighted by Crippen LogP contribution is 2.23. The van der Waals surface area contributed by atoms with Gasteiger partial charge in [-0.05, 0) is 50.3 Å². The molecule has 0 spiro atoms. The molecule has 3 nitrogen and oxygen atoms in total. The molecule has 1 amide bonds. The minimum Gasteiger partial charge on any atom is -0.350 e. The third-order valence-electron chi connectivity index (χ3n) is 4.32. The van der Waals surface area contributed by atoms with Gasteiger partial charge in [0.15, 0.2) is 0 Å². The van der Waals surface area contributed by atoms with Gasteiger partial charge in [0.1, 0.15) is 0 Å². The van der Waals surface area contributed by atoms with Crippen LogP contribution in [0.15, 0.2) is 30.3 Å². The molecule has 2 N–H and O–H groups in total. The summed E-state index contributed by atoms with van der Waals surface area (Å²) >= 11 is 0. The molecule has 110 valence electrons. The van der Waals surface area contributed by atoms with Crippen molar-refractivity contribution in [2.45, 2.75) is 39.2 Å². The molecule has 1 aliphatic rings. The van der Waals surface area contributed by atoms with Crippen molar-refractivity contribution in [1.29, 1.82) is 0 Å². The highest BCUT2D eigenvalue weighted by Gasteiger charge is 2.22. The molecule has 3 atom stereocenters. The summed E-state index contributed by atoms with van der Waals surface area (Å²) < 4.78 is 0. The minimum absolute atomic E-state index is 0.0837. The minimum atomic E-state index is 0.0837. The number of carbonyl (C=O) groups is 1. The van der Waals surface area contributed by atoms with Crippen LogP contribution in [0.3, 0.4) is 0 Å². The van der Waals surface area contributed by atoms with E-state index in [1.165, 1.54) is 12.8 Å². The number of hydrogen-bond acceptors (Lipinski definition) is 2. The zero-order valence-electron chi connectivity index (χ0n) is 12.6. The standard InChI is InChI=1S/C17H26N2O/c1-13(16-9-6-10-18-12-16)11-17(20)19-14(2)15-7-4-3-5-8-15/h3-5,7-8,13-14,16,18H,6,9-12H2,1-2H3,(H,19,20). The zero-order chi connectivity index (χ0) is 14.4. The molecule has 1 fully saturated rings. The lowest BCUT2D eigenvalue weighted by atomic mass is 9.85. The second-order valence-corrected chi connectivity index (χ2v) is 5.99. The molecular formula is C17H26N2O. The molecule has 3 unspecified atom stereocenters. The largest absolute Gasteiger partial charge is 0.350 e. The average molecular weight is 274 g/mol. The Balaban J connectivity index is 1.79. The molecule has 1 aromatic carbocycles. The quantitative estimate of drug-likeness (QED) is 0.867. The van der Waals surface area contributed by atoms with Crippen LogP contribution < -0.4 is 10.6 Å². The van der Waals surface area contributed by atoms with E-state index < -0.39 is 0 Å². The third-order valence-corrected chi connectivity index (χ3v) is 4.32. The maximum Gasteiger partial charge on any atom is 0.220 e. The van der Waals surface area contributed by atoms with E-state index in [1.807, 2.05) is 25.1 Å². The second kappa shape index (κ2) is 7.44. The van der Waals surface area contributed by atoms with Gasteiger partial charge in [-0.25, -0.2) is 0 Å². The van der Waals surface area contributed by atoms with E-state index >= 15 is 0 Å². The normalized spacial score (nSPS) is 22.0. The Morgan fingerprint density at radius 3 is 2.75 bits per heavy atom. The van der Waals surface area contributed by atoms with E-state index in [0.717, 1.165) is 18.7 Å². The van der Waals surface area contributed by atoms with Gasteiger partial charge in [-0.1, -0.05) is 37.3 Å². The maximum absolute atomic E-state index is 12.1. The Hall–Kier alpha value is -1.35. The predicted molar refractivity (Wildman–Crippen MR) is 82.4 cm³/mol. The van der Waals surface area contributed by atoms with Crippen molar-refractivity contribution in [1.82, 2.24) is 10.6 Å². The van der Waals surface area contributed by atoms with E-state index in [2.05, 4.69) is 29.7 Å². The lowest BCUT2D eigenvalue weighted by Gasteiger charge is -2.28. The molecule has 0 aromatic heterocycles. The van der Waals surface area contributed by atoms with Crippen LogP contribution >= 0.6 is 0 Å². The Bertz CT molecular complexity index is 412. The number of hydrogen-bond donors (Lipinski definition) is 2. The van der Waals surface area contributed by atoms with Crippen LogP contribution in [0, 0.1) is 11.8 Å². The lowest BCUT2D eigenvalue weighted by Crippen LogP contribution is -2.36. The Labute approximate surface area is 122 Å². The van der Waals surface area contributed by atoms with Crippen molar-refractivity contribution in [3.8, 4) is 0 Å². The first-order valence-electron chi connectivity index (χ1n) is 7.72. The summed E-state index contributed by atoms with van der Waals surface area (Å²) in [7, 11) is 0. The van der Waals surface area contributed by atoms with E-state index in [4.69, 9.17) is 0 Å². The van der Waals surface area contributed by atoms with Crippen molar-refractivity contribution in [3.05, 3.63) is 35.9 Å². The second-order valence-electron chi connectivity index (χ2n) is 5.99. The van der Waals surface area contributed by atoms with Crippen molar-refractivity contribution in [2.75, 3.05) is 13.1 Å². The summed E-state index contributed by atoms with van der Waals surface area (Å²) in [6.07, 6.45) is 3.11. The fraction of sp³-hybridized carbons (Fsp3) is 0.588. The summed E-state index contributed by atoms with van der Waals surface area (Å²) in [6.45, 7) is 6.42. The van der Waals surface area contributed by atoms with Crippen LogP contribution in [0.25, 0.3) is 0 Å². The molecule has 1 aromatic rings. The summed E-state index contributed by atoms with van der Waals surface area (Å²) in [6, 6.07) is 10.2. The lowest BCUT2D eigenvalue weighted by molar-refractivity contribution is -0.123. The van der Waals surface area contributed by atoms with Crippen LogP contribution in [0.4, 0.5) is 0 Å². The van der Waals surface area contributed by atoms with Crippen molar-refractivity contribution in [3.63, 3.8) is 0 Å². The van der Waals surface area contributed by atoms with Gasteiger partial charge >= 0.3 is 0 Å². The Morgan fingerprint density at radius 1 is 1.35 bits per heavy atom. The number of benzene rings is 1. The van der Waals surface area contributed by atoms with Crippen LogP contribution in [-0.2, 0) is 4.79 Å². The monoisotopic (exact) mass is 274 g/mol.